The summed E-state index contributed by atoms with van der Waals surface area (Å²) in [5.74, 6) is -0.0286. The first-order valence-electron chi connectivity index (χ1n) is 6.29. The van der Waals surface area contributed by atoms with E-state index in [4.69, 9.17) is 21.1 Å². The second-order valence-corrected chi connectivity index (χ2v) is 4.65. The maximum Gasteiger partial charge on any atom is 0.379 e. The molecule has 0 N–H and O–H groups in total. The Morgan fingerprint density at radius 2 is 1.50 bits per heavy atom. The monoisotopic (exact) mass is 320 g/mol. The summed E-state index contributed by atoms with van der Waals surface area (Å²) < 4.78 is 15.0. The number of rotatable bonds is 5. The summed E-state index contributed by atoms with van der Waals surface area (Å²) in [6, 6.07) is 11.4. The van der Waals surface area contributed by atoms with Crippen LogP contribution in [-0.4, -0.2) is 26.0 Å². The topological polar surface area (TPSA) is 61.8 Å². The molecule has 0 aromatic heterocycles. The molecular formula is C16H13ClO5. The van der Waals surface area contributed by atoms with E-state index in [2.05, 4.69) is 4.74 Å². The largest absolute Gasteiger partial charge is 0.497 e. The molecule has 0 heterocycles. The van der Waals surface area contributed by atoms with E-state index >= 15 is 0 Å². The van der Waals surface area contributed by atoms with Gasteiger partial charge in [-0.15, -0.1) is 0 Å². The summed E-state index contributed by atoms with van der Waals surface area (Å²) in [5, 5.41) is 0.112. The third-order valence-corrected chi connectivity index (χ3v) is 3.16. The van der Waals surface area contributed by atoms with Crippen molar-refractivity contribution in [1.29, 1.82) is 0 Å². The SMILES string of the molecule is COC(=O)C(=O)c1ccc(Oc2ccc(OC)cc2)cc1Cl. The summed E-state index contributed by atoms with van der Waals surface area (Å²) >= 11 is 6.01. The summed E-state index contributed by atoms with van der Waals surface area (Å²) in [6.45, 7) is 0. The maximum absolute atomic E-state index is 11.7. The molecule has 0 amide bonds. The number of hydrogen-bond donors (Lipinski definition) is 0. The van der Waals surface area contributed by atoms with Gasteiger partial charge in [0, 0.05) is 11.6 Å². The Labute approximate surface area is 132 Å². The van der Waals surface area contributed by atoms with E-state index in [0.29, 0.717) is 17.2 Å². The van der Waals surface area contributed by atoms with Crippen LogP contribution >= 0.6 is 11.6 Å². The number of methoxy groups -OCH3 is 2. The number of benzene rings is 2. The van der Waals surface area contributed by atoms with Crippen molar-refractivity contribution in [3.8, 4) is 17.2 Å². The van der Waals surface area contributed by atoms with Gasteiger partial charge in [-0.1, -0.05) is 11.6 Å². The zero-order valence-electron chi connectivity index (χ0n) is 12.0. The van der Waals surface area contributed by atoms with Crippen molar-refractivity contribution in [3.63, 3.8) is 0 Å². The molecule has 0 aliphatic carbocycles. The van der Waals surface area contributed by atoms with Gasteiger partial charge in [0.25, 0.3) is 5.78 Å². The Balaban J connectivity index is 2.18. The first-order valence-corrected chi connectivity index (χ1v) is 6.67. The van der Waals surface area contributed by atoms with Gasteiger partial charge in [0.1, 0.15) is 17.2 Å². The quantitative estimate of drug-likeness (QED) is 0.479. The molecule has 0 fully saturated rings. The minimum absolute atomic E-state index is 0.0654. The van der Waals surface area contributed by atoms with E-state index < -0.39 is 11.8 Å². The number of ether oxygens (including phenoxy) is 3. The van der Waals surface area contributed by atoms with Gasteiger partial charge in [-0.05, 0) is 36.4 Å². The van der Waals surface area contributed by atoms with Crippen LogP contribution in [0.5, 0.6) is 17.2 Å². The average Bonchev–Trinajstić information content (AvgIpc) is 2.54. The molecule has 0 aliphatic rings. The fourth-order valence-electron chi connectivity index (χ4n) is 1.73. The van der Waals surface area contributed by atoms with Crippen LogP contribution in [-0.2, 0) is 9.53 Å². The normalized spacial score (nSPS) is 9.95. The van der Waals surface area contributed by atoms with Crippen LogP contribution < -0.4 is 9.47 Å². The van der Waals surface area contributed by atoms with Gasteiger partial charge in [0.2, 0.25) is 0 Å². The highest BCUT2D eigenvalue weighted by Crippen LogP contribution is 2.28. The van der Waals surface area contributed by atoms with Gasteiger partial charge in [-0.25, -0.2) is 4.79 Å². The number of ketones is 1. The molecule has 22 heavy (non-hydrogen) atoms. The van der Waals surface area contributed by atoms with Crippen molar-refractivity contribution in [2.24, 2.45) is 0 Å². The first-order chi connectivity index (χ1) is 10.5. The Morgan fingerprint density at radius 3 is 2.05 bits per heavy atom. The molecule has 0 bridgehead atoms. The second-order valence-electron chi connectivity index (χ2n) is 4.24. The van der Waals surface area contributed by atoms with Gasteiger partial charge in [0.15, 0.2) is 0 Å². The molecule has 0 atom stereocenters. The average molecular weight is 321 g/mol. The predicted molar refractivity (Wildman–Crippen MR) is 80.9 cm³/mol. The van der Waals surface area contributed by atoms with E-state index in [1.54, 1.807) is 37.4 Å². The number of carbonyl (C=O) groups is 2. The molecule has 0 spiro atoms. The highest BCUT2D eigenvalue weighted by Gasteiger charge is 2.20. The molecule has 2 aromatic rings. The number of carbonyl (C=O) groups excluding carboxylic acids is 2. The smallest absolute Gasteiger partial charge is 0.379 e. The second kappa shape index (κ2) is 6.95. The maximum atomic E-state index is 11.7. The Kier molecular flexibility index (Phi) is 5.01. The molecule has 0 aliphatic heterocycles. The predicted octanol–water partition coefficient (Wildman–Crippen LogP) is 3.50. The van der Waals surface area contributed by atoms with Crippen LogP contribution in [0.4, 0.5) is 0 Å². The highest BCUT2D eigenvalue weighted by molar-refractivity contribution is 6.45. The van der Waals surface area contributed by atoms with E-state index in [9.17, 15) is 9.59 Å². The summed E-state index contributed by atoms with van der Waals surface area (Å²) in [7, 11) is 2.71. The highest BCUT2D eigenvalue weighted by atomic mass is 35.5. The van der Waals surface area contributed by atoms with Crippen LogP contribution in [0.3, 0.4) is 0 Å². The van der Waals surface area contributed by atoms with Crippen LogP contribution in [0.2, 0.25) is 5.02 Å². The minimum atomic E-state index is -0.967. The number of halogens is 1. The molecule has 0 unspecified atom stereocenters. The lowest BCUT2D eigenvalue weighted by atomic mass is 10.1. The molecule has 0 saturated heterocycles. The van der Waals surface area contributed by atoms with Crippen LogP contribution in [0.1, 0.15) is 10.4 Å². The van der Waals surface area contributed by atoms with E-state index in [-0.39, 0.29) is 10.6 Å². The third kappa shape index (κ3) is 3.56. The third-order valence-electron chi connectivity index (χ3n) is 2.85. The number of esters is 1. The standard InChI is InChI=1S/C16H13ClO5/c1-20-10-3-5-11(6-4-10)22-12-7-8-13(14(17)9-12)15(18)16(19)21-2/h3-9H,1-2H3. The fraction of sp³-hybridized carbons (Fsp3) is 0.125. The lowest BCUT2D eigenvalue weighted by Crippen LogP contribution is -2.16. The molecular weight excluding hydrogens is 308 g/mol. The van der Waals surface area contributed by atoms with Gasteiger partial charge in [-0.3, -0.25) is 4.79 Å². The lowest BCUT2D eigenvalue weighted by molar-refractivity contribution is -0.135. The molecule has 0 saturated carbocycles. The van der Waals surface area contributed by atoms with Gasteiger partial charge in [0.05, 0.1) is 19.2 Å². The molecule has 114 valence electrons. The van der Waals surface area contributed by atoms with Gasteiger partial charge < -0.3 is 14.2 Å². The van der Waals surface area contributed by atoms with Gasteiger partial charge >= 0.3 is 5.97 Å². The van der Waals surface area contributed by atoms with Crippen molar-refractivity contribution in [2.45, 2.75) is 0 Å². The fourth-order valence-corrected chi connectivity index (χ4v) is 1.98. The molecule has 5 nitrogen and oxygen atoms in total. The van der Waals surface area contributed by atoms with E-state index in [1.165, 1.54) is 12.1 Å². The summed E-state index contributed by atoms with van der Waals surface area (Å²) in [6.07, 6.45) is 0. The van der Waals surface area contributed by atoms with Crippen LogP contribution in [0.15, 0.2) is 42.5 Å². The van der Waals surface area contributed by atoms with Crippen molar-refractivity contribution < 1.29 is 23.8 Å². The molecule has 2 aromatic carbocycles. The molecule has 6 heteroatoms. The van der Waals surface area contributed by atoms with Crippen molar-refractivity contribution in [3.05, 3.63) is 53.1 Å². The molecule has 0 radical (unpaired) electrons. The Hall–Kier alpha value is -2.53. The zero-order chi connectivity index (χ0) is 16.1. The van der Waals surface area contributed by atoms with Crippen LogP contribution in [0.25, 0.3) is 0 Å². The Bertz CT molecular complexity index is 694. The zero-order valence-corrected chi connectivity index (χ0v) is 12.7. The number of hydrogen-bond acceptors (Lipinski definition) is 5. The minimum Gasteiger partial charge on any atom is -0.497 e. The van der Waals surface area contributed by atoms with Crippen molar-refractivity contribution in [2.75, 3.05) is 14.2 Å². The van der Waals surface area contributed by atoms with E-state index in [1.807, 2.05) is 0 Å². The molecule has 2 rings (SSSR count). The van der Waals surface area contributed by atoms with Gasteiger partial charge in [-0.2, -0.15) is 0 Å². The first kappa shape index (κ1) is 15.9. The van der Waals surface area contributed by atoms with E-state index in [0.717, 1.165) is 7.11 Å². The summed E-state index contributed by atoms with van der Waals surface area (Å²) in [5.41, 5.74) is 0.0654. The summed E-state index contributed by atoms with van der Waals surface area (Å²) in [4.78, 5) is 23.0. The van der Waals surface area contributed by atoms with Crippen molar-refractivity contribution in [1.82, 2.24) is 0 Å². The lowest BCUT2D eigenvalue weighted by Gasteiger charge is -2.08. The van der Waals surface area contributed by atoms with Crippen LogP contribution in [0, 0.1) is 0 Å². The van der Waals surface area contributed by atoms with Crippen molar-refractivity contribution >= 4 is 23.4 Å². The number of Topliss-reactive ketones (excluding diaryl/α,β-unsaturated/α-hetero) is 1. The Morgan fingerprint density at radius 1 is 0.909 bits per heavy atom.